The second-order valence-corrected chi connectivity index (χ2v) is 5.00. The highest BCUT2D eigenvalue weighted by Gasteiger charge is 2.32. The molecule has 0 radical (unpaired) electrons. The van der Waals surface area contributed by atoms with Crippen molar-refractivity contribution in [3.8, 4) is 28.7 Å². The standard InChI is InChI=1S/C15H14O6/c16-8-4-11(18)9-6-13(20)15(21-14(9)5-8)7-1-2-10(17)12(19)3-7/h1-5,13,15-20H,6H2/t13-,15+/m0/s1/i6+1. The van der Waals surface area contributed by atoms with Crippen LogP contribution in [0.15, 0.2) is 30.3 Å². The summed E-state index contributed by atoms with van der Waals surface area (Å²) in [6.45, 7) is 0. The van der Waals surface area contributed by atoms with E-state index in [1.165, 1.54) is 30.3 Å². The van der Waals surface area contributed by atoms with Crippen molar-refractivity contribution in [2.24, 2.45) is 0 Å². The van der Waals surface area contributed by atoms with Gasteiger partial charge in [-0.15, -0.1) is 0 Å². The van der Waals surface area contributed by atoms with Crippen LogP contribution in [-0.2, 0) is 6.42 Å². The predicted octanol–water partition coefficient (Wildman–Crippen LogP) is 1.55. The Balaban J connectivity index is 2.00. The lowest BCUT2D eigenvalue weighted by Crippen LogP contribution is -2.30. The Labute approximate surface area is 120 Å². The van der Waals surface area contributed by atoms with Gasteiger partial charge in [-0.25, -0.2) is 0 Å². The highest BCUT2D eigenvalue weighted by atomic mass is 16.5. The molecule has 0 saturated heterocycles. The normalized spacial score (nSPS) is 20.6. The van der Waals surface area contributed by atoms with Crippen LogP contribution in [0, 0.1) is 0 Å². The van der Waals surface area contributed by atoms with Gasteiger partial charge in [0.05, 0.1) is 6.10 Å². The smallest absolute Gasteiger partial charge is 0.157 e. The zero-order chi connectivity index (χ0) is 15.1. The van der Waals surface area contributed by atoms with Gasteiger partial charge in [0, 0.05) is 24.1 Å². The third kappa shape index (κ3) is 2.30. The molecule has 1 heterocycles. The van der Waals surface area contributed by atoms with Crippen molar-refractivity contribution in [2.45, 2.75) is 18.6 Å². The number of rotatable bonds is 1. The van der Waals surface area contributed by atoms with Crippen LogP contribution in [0.25, 0.3) is 0 Å². The van der Waals surface area contributed by atoms with Gasteiger partial charge < -0.3 is 30.3 Å². The van der Waals surface area contributed by atoms with Crippen molar-refractivity contribution in [1.29, 1.82) is 0 Å². The quantitative estimate of drug-likeness (QED) is 0.403. The minimum absolute atomic E-state index is 0.143. The molecule has 0 aliphatic carbocycles. The number of fused-ring (bicyclic) bond motifs is 1. The highest BCUT2D eigenvalue weighted by Crippen LogP contribution is 2.42. The lowest BCUT2D eigenvalue weighted by molar-refractivity contribution is 0.0197. The van der Waals surface area contributed by atoms with Gasteiger partial charge >= 0.3 is 0 Å². The van der Waals surface area contributed by atoms with E-state index in [0.29, 0.717) is 11.1 Å². The Kier molecular flexibility index (Phi) is 3.03. The van der Waals surface area contributed by atoms with Crippen molar-refractivity contribution < 1.29 is 30.3 Å². The van der Waals surface area contributed by atoms with Crippen LogP contribution in [0.2, 0.25) is 0 Å². The molecule has 110 valence electrons. The number of aliphatic hydroxyl groups excluding tert-OH is 1. The van der Waals surface area contributed by atoms with Crippen molar-refractivity contribution in [3.05, 3.63) is 41.5 Å². The second kappa shape index (κ2) is 4.75. The van der Waals surface area contributed by atoms with Gasteiger partial charge in [-0.05, 0) is 17.7 Å². The van der Waals surface area contributed by atoms with E-state index in [1.54, 1.807) is 0 Å². The summed E-state index contributed by atoms with van der Waals surface area (Å²) in [5.41, 5.74) is 0.894. The van der Waals surface area contributed by atoms with Crippen molar-refractivity contribution in [2.75, 3.05) is 0 Å². The average molecular weight is 291 g/mol. The molecule has 1 aliphatic heterocycles. The highest BCUT2D eigenvalue weighted by molar-refractivity contribution is 5.52. The number of aliphatic hydroxyl groups is 1. The number of ether oxygens (including phenoxy) is 1. The van der Waals surface area contributed by atoms with E-state index in [4.69, 9.17) is 4.74 Å². The predicted molar refractivity (Wildman–Crippen MR) is 72.6 cm³/mol. The van der Waals surface area contributed by atoms with Gasteiger partial charge in [0.15, 0.2) is 11.5 Å². The molecule has 1 aliphatic rings. The van der Waals surface area contributed by atoms with Gasteiger partial charge in [-0.3, -0.25) is 0 Å². The topological polar surface area (TPSA) is 110 Å². The first-order chi connectivity index (χ1) is 9.95. The number of phenolic OH excluding ortho intramolecular Hbond substituents is 4. The number of aromatic hydroxyl groups is 4. The third-order valence-corrected chi connectivity index (χ3v) is 3.51. The van der Waals surface area contributed by atoms with E-state index in [2.05, 4.69) is 0 Å². The number of hydrogen-bond acceptors (Lipinski definition) is 6. The van der Waals surface area contributed by atoms with Crippen LogP contribution in [0.4, 0.5) is 0 Å². The summed E-state index contributed by atoms with van der Waals surface area (Å²) in [4.78, 5) is 0. The largest absolute Gasteiger partial charge is 0.508 e. The minimum Gasteiger partial charge on any atom is -0.508 e. The maximum atomic E-state index is 10.2. The molecular weight excluding hydrogens is 277 g/mol. The van der Waals surface area contributed by atoms with Crippen LogP contribution < -0.4 is 4.74 Å². The fourth-order valence-electron chi connectivity index (χ4n) is 2.47. The van der Waals surface area contributed by atoms with E-state index in [-0.39, 0.29) is 35.2 Å². The van der Waals surface area contributed by atoms with E-state index < -0.39 is 12.2 Å². The number of phenols is 4. The van der Waals surface area contributed by atoms with Gasteiger partial charge in [0.2, 0.25) is 0 Å². The molecule has 0 aromatic heterocycles. The molecule has 2 atom stereocenters. The summed E-state index contributed by atoms with van der Waals surface area (Å²) in [6, 6.07) is 6.67. The average Bonchev–Trinajstić information content (AvgIpc) is 2.42. The molecule has 21 heavy (non-hydrogen) atoms. The summed E-state index contributed by atoms with van der Waals surface area (Å²) in [5, 5.41) is 48.3. The second-order valence-electron chi connectivity index (χ2n) is 5.00. The van der Waals surface area contributed by atoms with Gasteiger partial charge in [0.25, 0.3) is 0 Å². The van der Waals surface area contributed by atoms with Crippen LogP contribution in [0.5, 0.6) is 28.7 Å². The number of hydrogen-bond donors (Lipinski definition) is 5. The molecular formula is C15H14O6. The van der Waals surface area contributed by atoms with Crippen molar-refractivity contribution in [3.63, 3.8) is 0 Å². The van der Waals surface area contributed by atoms with E-state index in [9.17, 15) is 25.5 Å². The van der Waals surface area contributed by atoms with Gasteiger partial charge in [0.1, 0.15) is 23.4 Å². The van der Waals surface area contributed by atoms with Gasteiger partial charge in [-0.1, -0.05) is 6.07 Å². The van der Waals surface area contributed by atoms with Crippen molar-refractivity contribution in [1.82, 2.24) is 0 Å². The molecule has 0 amide bonds. The number of benzene rings is 2. The monoisotopic (exact) mass is 291 g/mol. The Morgan fingerprint density at radius 2 is 1.67 bits per heavy atom. The zero-order valence-corrected chi connectivity index (χ0v) is 10.9. The SMILES string of the molecule is Oc1cc(O)c2c(c1)O[C@H](c1ccc(O)c(O)c1)[C@@H](O)[13CH2]2. The summed E-state index contributed by atoms with van der Waals surface area (Å²) in [6.07, 6.45) is -1.56. The Bertz CT molecular complexity index is 697. The first-order valence-corrected chi connectivity index (χ1v) is 6.37. The molecule has 2 aromatic rings. The summed E-state index contributed by atoms with van der Waals surface area (Å²) >= 11 is 0. The van der Waals surface area contributed by atoms with Crippen LogP contribution in [-0.4, -0.2) is 31.6 Å². The van der Waals surface area contributed by atoms with E-state index in [0.717, 1.165) is 0 Å². The summed E-state index contributed by atoms with van der Waals surface area (Å²) in [7, 11) is 0. The molecule has 0 spiro atoms. The summed E-state index contributed by atoms with van der Waals surface area (Å²) < 4.78 is 5.62. The fraction of sp³-hybridized carbons (Fsp3) is 0.200. The molecule has 0 bridgehead atoms. The third-order valence-electron chi connectivity index (χ3n) is 3.51. The van der Waals surface area contributed by atoms with Crippen molar-refractivity contribution >= 4 is 0 Å². The van der Waals surface area contributed by atoms with Gasteiger partial charge in [-0.2, -0.15) is 0 Å². The maximum absolute atomic E-state index is 10.2. The Hall–Kier alpha value is -2.60. The van der Waals surface area contributed by atoms with Crippen LogP contribution in [0.1, 0.15) is 17.2 Å². The molecule has 0 fully saturated rings. The van der Waals surface area contributed by atoms with Crippen LogP contribution in [0.3, 0.4) is 0 Å². The Morgan fingerprint density at radius 1 is 0.905 bits per heavy atom. The fourth-order valence-corrected chi connectivity index (χ4v) is 2.47. The lowest BCUT2D eigenvalue weighted by Gasteiger charge is -2.31. The first kappa shape index (κ1) is 13.4. The molecule has 0 unspecified atom stereocenters. The first-order valence-electron chi connectivity index (χ1n) is 6.37. The molecule has 6 nitrogen and oxygen atoms in total. The van der Waals surface area contributed by atoms with Crippen LogP contribution >= 0.6 is 0 Å². The summed E-state index contributed by atoms with van der Waals surface area (Å²) in [5.74, 6) is -0.589. The maximum Gasteiger partial charge on any atom is 0.157 e. The molecule has 0 saturated carbocycles. The Morgan fingerprint density at radius 3 is 2.38 bits per heavy atom. The van der Waals surface area contributed by atoms with E-state index >= 15 is 0 Å². The minimum atomic E-state index is -0.933. The molecule has 2 aromatic carbocycles. The van der Waals surface area contributed by atoms with E-state index in [1.807, 2.05) is 0 Å². The molecule has 3 rings (SSSR count). The molecule has 6 heteroatoms. The zero-order valence-electron chi connectivity index (χ0n) is 10.9. The lowest BCUT2D eigenvalue weighted by atomic mass is 10.0. The molecule has 5 N–H and O–H groups in total.